The van der Waals surface area contributed by atoms with E-state index in [1.54, 1.807) is 32.0 Å². The normalized spacial score (nSPS) is 11.1. The molecule has 0 radical (unpaired) electrons. The second-order valence-corrected chi connectivity index (χ2v) is 8.52. The number of tetrazole rings is 1. The number of halogens is 4. The highest BCUT2D eigenvalue weighted by molar-refractivity contribution is 6.32. The number of hydrogen-bond donors (Lipinski definition) is 2. The number of aryl methyl sites for hydroxylation is 1. The number of carbonyl (C=O) groups is 2. The van der Waals surface area contributed by atoms with Gasteiger partial charge < -0.3 is 10.6 Å². The predicted molar refractivity (Wildman–Crippen MR) is 130 cm³/mol. The lowest BCUT2D eigenvalue weighted by Crippen LogP contribution is -2.26. The number of nitrogens with one attached hydrogen (secondary N) is 2. The topological polar surface area (TPSA) is 133 Å². The minimum absolute atomic E-state index is 0.000924. The Labute approximate surface area is 218 Å². The van der Waals surface area contributed by atoms with Crippen molar-refractivity contribution < 1.29 is 18.4 Å². The smallest absolute Gasteiger partial charge is 0.301 e. The van der Waals surface area contributed by atoms with Crippen LogP contribution in [0, 0.1) is 6.92 Å². The number of alkyl halides is 2. The van der Waals surface area contributed by atoms with Gasteiger partial charge in [0.25, 0.3) is 11.8 Å². The first kappa shape index (κ1) is 26.1. The summed E-state index contributed by atoms with van der Waals surface area (Å²) in [5.74, 6) is -1.65. The maximum Gasteiger partial charge on any atom is 0.301 e. The van der Waals surface area contributed by atoms with E-state index in [1.165, 1.54) is 23.0 Å². The summed E-state index contributed by atoms with van der Waals surface area (Å²) in [6.45, 7) is 3.66. The van der Waals surface area contributed by atoms with Crippen LogP contribution in [0.4, 0.5) is 14.5 Å². The summed E-state index contributed by atoms with van der Waals surface area (Å²) in [5.41, 5.74) is 1.22. The number of aromatic nitrogens is 7. The molecule has 3 aromatic heterocycles. The van der Waals surface area contributed by atoms with Crippen LogP contribution in [-0.2, 0) is 6.54 Å². The Morgan fingerprint density at radius 3 is 2.59 bits per heavy atom. The van der Waals surface area contributed by atoms with Crippen molar-refractivity contribution >= 4 is 40.7 Å². The maximum absolute atomic E-state index is 13.5. The van der Waals surface area contributed by atoms with Crippen LogP contribution in [-0.4, -0.2) is 53.3 Å². The van der Waals surface area contributed by atoms with Crippen LogP contribution in [0.5, 0.6) is 0 Å². The quantitative estimate of drug-likeness (QED) is 0.341. The van der Waals surface area contributed by atoms with E-state index < -0.39 is 24.1 Å². The van der Waals surface area contributed by atoms with E-state index in [1.807, 2.05) is 0 Å². The molecule has 37 heavy (non-hydrogen) atoms. The van der Waals surface area contributed by atoms with Gasteiger partial charge in [-0.05, 0) is 55.0 Å². The molecule has 0 fully saturated rings. The van der Waals surface area contributed by atoms with Crippen LogP contribution >= 0.6 is 23.2 Å². The van der Waals surface area contributed by atoms with Gasteiger partial charge in [-0.25, -0.2) is 18.4 Å². The van der Waals surface area contributed by atoms with Crippen LogP contribution in [0.15, 0.2) is 36.5 Å². The Balaban J connectivity index is 1.74. The number of carbonyl (C=O) groups excluding carboxylic acids is 2. The van der Waals surface area contributed by atoms with Gasteiger partial charge in [0.05, 0.1) is 22.0 Å². The molecular weight excluding hydrogens is 531 g/mol. The minimum atomic E-state index is -2.89. The second kappa shape index (κ2) is 11.0. The molecule has 0 spiro atoms. The minimum Gasteiger partial charge on any atom is -0.352 e. The zero-order valence-electron chi connectivity index (χ0n) is 19.4. The maximum atomic E-state index is 13.5. The molecule has 4 aromatic rings. The molecule has 1 aromatic carbocycles. The van der Waals surface area contributed by atoms with Crippen molar-refractivity contribution in [3.63, 3.8) is 0 Å². The van der Waals surface area contributed by atoms with Crippen LogP contribution < -0.4 is 10.6 Å². The number of hydrogen-bond acceptors (Lipinski definition) is 7. The first-order valence-corrected chi connectivity index (χ1v) is 11.6. The molecule has 2 N–H and O–H groups in total. The molecule has 0 aliphatic rings. The van der Waals surface area contributed by atoms with E-state index in [0.717, 1.165) is 4.80 Å². The van der Waals surface area contributed by atoms with E-state index in [-0.39, 0.29) is 40.0 Å². The van der Waals surface area contributed by atoms with Crippen molar-refractivity contribution in [2.45, 2.75) is 26.8 Å². The Kier molecular flexibility index (Phi) is 7.74. The summed E-state index contributed by atoms with van der Waals surface area (Å²) in [6.07, 6.45) is -1.42. The molecule has 3 heterocycles. The summed E-state index contributed by atoms with van der Waals surface area (Å²) < 4.78 is 26.9. The van der Waals surface area contributed by atoms with Crippen molar-refractivity contribution in [3.05, 3.63) is 74.9 Å². The Morgan fingerprint density at radius 2 is 1.92 bits per heavy atom. The van der Waals surface area contributed by atoms with Gasteiger partial charge in [-0.15, -0.1) is 10.2 Å². The third-order valence-corrected chi connectivity index (χ3v) is 5.53. The number of nitrogens with zero attached hydrogens (tertiary/aromatic N) is 7. The molecule has 0 saturated carbocycles. The third-order valence-electron chi connectivity index (χ3n) is 5.02. The van der Waals surface area contributed by atoms with Gasteiger partial charge in [0.15, 0.2) is 5.82 Å². The van der Waals surface area contributed by atoms with E-state index in [2.05, 4.69) is 36.1 Å². The Bertz CT molecular complexity index is 1470. The average Bonchev–Trinajstić information content (AvgIpc) is 3.49. The van der Waals surface area contributed by atoms with Crippen LogP contribution in [0.2, 0.25) is 10.0 Å². The van der Waals surface area contributed by atoms with Crippen molar-refractivity contribution in [3.8, 4) is 5.82 Å². The van der Waals surface area contributed by atoms with Gasteiger partial charge in [-0.1, -0.05) is 23.2 Å². The first-order chi connectivity index (χ1) is 17.7. The standard InChI is InChI=1S/C22H19Cl2F2N9O2/c1-3-27-21(36)14-8-12(23)7-11(2)17(14)29-22(37)16-9-13(10-34-32-19(18(25)26)30-33-34)31-35(16)20-15(24)5-4-6-28-20/h4-9,18H,3,10H2,1-2H3,(H,27,36)(H,29,37). The molecule has 0 aliphatic heterocycles. The summed E-state index contributed by atoms with van der Waals surface area (Å²) in [4.78, 5) is 31.3. The third kappa shape index (κ3) is 5.73. The molecular formula is C22H19Cl2F2N9O2. The van der Waals surface area contributed by atoms with Gasteiger partial charge >= 0.3 is 6.43 Å². The summed E-state index contributed by atoms with van der Waals surface area (Å²) in [7, 11) is 0. The molecule has 4 rings (SSSR count). The average molecular weight is 550 g/mol. The molecule has 2 amide bonds. The summed E-state index contributed by atoms with van der Waals surface area (Å²) in [6, 6.07) is 7.64. The Hall–Kier alpha value is -3.97. The zero-order chi connectivity index (χ0) is 26.7. The highest BCUT2D eigenvalue weighted by Crippen LogP contribution is 2.27. The molecule has 192 valence electrons. The first-order valence-electron chi connectivity index (χ1n) is 10.8. The molecule has 0 atom stereocenters. The van der Waals surface area contributed by atoms with Gasteiger partial charge in [-0.3, -0.25) is 9.59 Å². The highest BCUT2D eigenvalue weighted by atomic mass is 35.5. The van der Waals surface area contributed by atoms with Crippen molar-refractivity contribution in [2.75, 3.05) is 11.9 Å². The fraction of sp³-hybridized carbons (Fsp3) is 0.227. The molecule has 0 unspecified atom stereocenters. The molecule has 0 aliphatic carbocycles. The Morgan fingerprint density at radius 1 is 1.14 bits per heavy atom. The lowest BCUT2D eigenvalue weighted by molar-refractivity contribution is 0.0956. The van der Waals surface area contributed by atoms with Gasteiger partial charge in [0.2, 0.25) is 5.82 Å². The van der Waals surface area contributed by atoms with E-state index in [0.29, 0.717) is 17.1 Å². The van der Waals surface area contributed by atoms with Crippen molar-refractivity contribution in [1.82, 2.24) is 40.3 Å². The molecule has 15 heteroatoms. The lowest BCUT2D eigenvalue weighted by atomic mass is 10.1. The lowest BCUT2D eigenvalue weighted by Gasteiger charge is -2.15. The van der Waals surface area contributed by atoms with E-state index >= 15 is 0 Å². The number of amides is 2. The SMILES string of the molecule is CCNC(=O)c1cc(Cl)cc(C)c1NC(=O)c1cc(Cn2nnc(C(F)F)n2)nn1-c1ncccc1Cl. The number of pyridine rings is 1. The van der Waals surface area contributed by atoms with Crippen LogP contribution in [0.3, 0.4) is 0 Å². The van der Waals surface area contributed by atoms with Crippen LogP contribution in [0.25, 0.3) is 5.82 Å². The zero-order valence-corrected chi connectivity index (χ0v) is 20.9. The molecule has 0 bridgehead atoms. The predicted octanol–water partition coefficient (Wildman–Crippen LogP) is 3.86. The molecule has 0 saturated heterocycles. The fourth-order valence-corrected chi connectivity index (χ4v) is 3.91. The van der Waals surface area contributed by atoms with E-state index in [4.69, 9.17) is 23.2 Å². The second-order valence-electron chi connectivity index (χ2n) is 7.68. The number of benzene rings is 1. The number of rotatable bonds is 8. The summed E-state index contributed by atoms with van der Waals surface area (Å²) in [5, 5.41) is 20.8. The highest BCUT2D eigenvalue weighted by Gasteiger charge is 2.23. The number of anilines is 1. The monoisotopic (exact) mass is 549 g/mol. The van der Waals surface area contributed by atoms with Gasteiger partial charge in [0.1, 0.15) is 12.2 Å². The van der Waals surface area contributed by atoms with Crippen molar-refractivity contribution in [2.24, 2.45) is 0 Å². The van der Waals surface area contributed by atoms with Gasteiger partial charge in [-0.2, -0.15) is 9.90 Å². The molecule has 11 nitrogen and oxygen atoms in total. The van der Waals surface area contributed by atoms with E-state index in [9.17, 15) is 18.4 Å². The summed E-state index contributed by atoms with van der Waals surface area (Å²) >= 11 is 12.4. The van der Waals surface area contributed by atoms with Gasteiger partial charge in [0, 0.05) is 17.8 Å². The largest absolute Gasteiger partial charge is 0.352 e. The fourth-order valence-electron chi connectivity index (χ4n) is 3.44. The van der Waals surface area contributed by atoms with Crippen molar-refractivity contribution in [1.29, 1.82) is 0 Å². The van der Waals surface area contributed by atoms with Crippen LogP contribution in [0.1, 0.15) is 51.3 Å².